The molecule has 0 rings (SSSR count). The zero-order chi connectivity index (χ0) is 21.0. The third-order valence-electron chi connectivity index (χ3n) is 3.61. The van der Waals surface area contributed by atoms with Crippen molar-refractivity contribution in [2.45, 2.75) is 56.7 Å². The summed E-state index contributed by atoms with van der Waals surface area (Å²) in [6.07, 6.45) is 0.183. The molecule has 3 atom stereocenters. The van der Waals surface area contributed by atoms with Crippen LogP contribution in [0.1, 0.15) is 38.5 Å². The number of nitrogens with one attached hydrogen (secondary N) is 2. The van der Waals surface area contributed by atoms with Gasteiger partial charge in [-0.15, -0.1) is 0 Å². The lowest BCUT2D eigenvalue weighted by molar-refractivity contribution is -0.144. The smallest absolute Gasteiger partial charge is 0.326 e. The van der Waals surface area contributed by atoms with Gasteiger partial charge in [0.15, 0.2) is 0 Å². The molecule has 0 saturated heterocycles. The third-order valence-corrected chi connectivity index (χ3v) is 3.61. The number of primary amides is 1. The first-order valence-corrected chi connectivity index (χ1v) is 8.37. The number of aliphatic carboxylic acids is 2. The number of rotatable bonds is 14. The van der Waals surface area contributed by atoms with Crippen LogP contribution in [0.4, 0.5) is 0 Å². The SMILES string of the molecule is NCCCCC(N)C(=O)NC(CCC(=O)O)C(=O)NC(CC(N)=O)C(=O)O. The Balaban J connectivity index is 5.01. The van der Waals surface area contributed by atoms with Gasteiger partial charge >= 0.3 is 11.9 Å². The van der Waals surface area contributed by atoms with Crippen LogP contribution in [0, 0.1) is 0 Å². The number of carboxylic acid groups (broad SMARTS) is 2. The molecule has 0 aliphatic carbocycles. The molecule has 0 aromatic heterocycles. The van der Waals surface area contributed by atoms with Crippen molar-refractivity contribution in [3.63, 3.8) is 0 Å². The summed E-state index contributed by atoms with van der Waals surface area (Å²) in [7, 11) is 0. The van der Waals surface area contributed by atoms with Crippen molar-refractivity contribution in [3.05, 3.63) is 0 Å². The van der Waals surface area contributed by atoms with E-state index in [2.05, 4.69) is 10.6 Å². The molecule has 10 N–H and O–H groups in total. The lowest BCUT2D eigenvalue weighted by Crippen LogP contribution is -2.55. The highest BCUT2D eigenvalue weighted by molar-refractivity contribution is 5.93. The maximum absolute atomic E-state index is 12.3. The Labute approximate surface area is 155 Å². The summed E-state index contributed by atoms with van der Waals surface area (Å²) in [5, 5.41) is 22.2. The highest BCUT2D eigenvalue weighted by atomic mass is 16.4. The van der Waals surface area contributed by atoms with Gasteiger partial charge in [0.1, 0.15) is 12.1 Å². The molecule has 12 nitrogen and oxygen atoms in total. The van der Waals surface area contributed by atoms with Crippen LogP contribution in [0.15, 0.2) is 0 Å². The van der Waals surface area contributed by atoms with E-state index in [-0.39, 0.29) is 6.42 Å². The number of carbonyl (C=O) groups is 5. The van der Waals surface area contributed by atoms with Gasteiger partial charge < -0.3 is 38.0 Å². The van der Waals surface area contributed by atoms with Crippen LogP contribution in [0.3, 0.4) is 0 Å². The third kappa shape index (κ3) is 10.8. The molecule has 0 aliphatic heterocycles. The van der Waals surface area contributed by atoms with Gasteiger partial charge in [-0.2, -0.15) is 0 Å². The first-order chi connectivity index (χ1) is 12.6. The molecule has 0 aromatic rings. The number of carboxylic acids is 2. The number of unbranched alkanes of at least 4 members (excludes halogenated alkanes) is 1. The van der Waals surface area contributed by atoms with Gasteiger partial charge in [0.2, 0.25) is 17.7 Å². The van der Waals surface area contributed by atoms with Crippen LogP contribution < -0.4 is 27.8 Å². The quantitative estimate of drug-likeness (QED) is 0.152. The Morgan fingerprint density at radius 1 is 0.889 bits per heavy atom. The maximum atomic E-state index is 12.3. The normalized spacial score (nSPS) is 13.9. The molecule has 0 radical (unpaired) electrons. The molecule has 0 saturated carbocycles. The second-order valence-corrected chi connectivity index (χ2v) is 5.95. The minimum atomic E-state index is -1.60. The number of hydrogen-bond donors (Lipinski definition) is 7. The molecule has 3 unspecified atom stereocenters. The highest BCUT2D eigenvalue weighted by Crippen LogP contribution is 2.04. The fourth-order valence-electron chi connectivity index (χ4n) is 2.13. The van der Waals surface area contributed by atoms with Crippen molar-refractivity contribution < 1.29 is 34.2 Å². The molecular weight excluding hydrogens is 362 g/mol. The Hall–Kier alpha value is -2.73. The molecule has 3 amide bonds. The average molecular weight is 389 g/mol. The zero-order valence-corrected chi connectivity index (χ0v) is 14.8. The van der Waals surface area contributed by atoms with E-state index < -0.39 is 60.6 Å². The van der Waals surface area contributed by atoms with E-state index in [9.17, 15) is 24.0 Å². The zero-order valence-electron chi connectivity index (χ0n) is 14.8. The fourth-order valence-corrected chi connectivity index (χ4v) is 2.13. The minimum Gasteiger partial charge on any atom is -0.481 e. The second kappa shape index (κ2) is 12.6. The Bertz CT molecular complexity index is 555. The lowest BCUT2D eigenvalue weighted by atomic mass is 10.1. The Morgan fingerprint density at radius 2 is 1.48 bits per heavy atom. The molecule has 0 heterocycles. The van der Waals surface area contributed by atoms with Crippen molar-refractivity contribution in [1.29, 1.82) is 0 Å². The minimum absolute atomic E-state index is 0.286. The van der Waals surface area contributed by atoms with E-state index >= 15 is 0 Å². The van der Waals surface area contributed by atoms with Gasteiger partial charge in [-0.05, 0) is 25.8 Å². The van der Waals surface area contributed by atoms with Crippen molar-refractivity contribution in [2.75, 3.05) is 6.54 Å². The molecule has 0 spiro atoms. The first kappa shape index (κ1) is 24.3. The van der Waals surface area contributed by atoms with E-state index in [4.69, 9.17) is 27.4 Å². The number of nitrogens with two attached hydrogens (primary N) is 3. The molecular formula is C15H27N5O7. The van der Waals surface area contributed by atoms with Crippen LogP contribution >= 0.6 is 0 Å². The van der Waals surface area contributed by atoms with E-state index in [0.717, 1.165) is 0 Å². The van der Waals surface area contributed by atoms with E-state index in [1.807, 2.05) is 0 Å². The van der Waals surface area contributed by atoms with Gasteiger partial charge in [0, 0.05) is 6.42 Å². The topological polar surface area (TPSA) is 228 Å². The van der Waals surface area contributed by atoms with Crippen LogP contribution in [0.25, 0.3) is 0 Å². The number of carbonyl (C=O) groups excluding carboxylic acids is 3. The molecule has 12 heteroatoms. The molecule has 0 aliphatic rings. The summed E-state index contributed by atoms with van der Waals surface area (Å²) < 4.78 is 0. The van der Waals surface area contributed by atoms with Crippen molar-refractivity contribution >= 4 is 29.7 Å². The predicted octanol–water partition coefficient (Wildman–Crippen LogP) is -2.76. The van der Waals surface area contributed by atoms with Gasteiger partial charge in [-0.3, -0.25) is 19.2 Å². The Kier molecular flexibility index (Phi) is 11.3. The summed E-state index contributed by atoms with van der Waals surface area (Å²) in [5.41, 5.74) is 16.0. The summed E-state index contributed by atoms with van der Waals surface area (Å²) in [6, 6.07) is -3.86. The number of hydrogen-bond acceptors (Lipinski definition) is 7. The molecule has 0 fully saturated rings. The molecule has 154 valence electrons. The summed E-state index contributed by atoms with van der Waals surface area (Å²) in [6.45, 7) is 0.439. The Morgan fingerprint density at radius 3 is 1.96 bits per heavy atom. The monoisotopic (exact) mass is 389 g/mol. The average Bonchev–Trinajstić information content (AvgIpc) is 2.56. The van der Waals surface area contributed by atoms with Crippen molar-refractivity contribution in [3.8, 4) is 0 Å². The predicted molar refractivity (Wildman–Crippen MR) is 93.1 cm³/mol. The summed E-state index contributed by atoms with van der Waals surface area (Å²) in [4.78, 5) is 57.2. The largest absolute Gasteiger partial charge is 0.481 e. The molecule has 0 bridgehead atoms. The second-order valence-electron chi connectivity index (χ2n) is 5.95. The van der Waals surface area contributed by atoms with Gasteiger partial charge in [-0.25, -0.2) is 4.79 Å². The van der Waals surface area contributed by atoms with Gasteiger partial charge in [0.05, 0.1) is 12.5 Å². The summed E-state index contributed by atoms with van der Waals surface area (Å²) in [5.74, 6) is -5.28. The van der Waals surface area contributed by atoms with Crippen molar-refractivity contribution in [1.82, 2.24) is 10.6 Å². The number of amides is 3. The van der Waals surface area contributed by atoms with E-state index in [1.54, 1.807) is 0 Å². The van der Waals surface area contributed by atoms with Crippen LogP contribution in [-0.4, -0.2) is 64.5 Å². The highest BCUT2D eigenvalue weighted by Gasteiger charge is 2.29. The van der Waals surface area contributed by atoms with Gasteiger partial charge in [-0.1, -0.05) is 6.42 Å². The van der Waals surface area contributed by atoms with E-state index in [0.29, 0.717) is 25.8 Å². The van der Waals surface area contributed by atoms with E-state index in [1.165, 1.54) is 0 Å². The fraction of sp³-hybridized carbons (Fsp3) is 0.667. The molecule has 27 heavy (non-hydrogen) atoms. The molecule has 0 aromatic carbocycles. The van der Waals surface area contributed by atoms with Crippen molar-refractivity contribution in [2.24, 2.45) is 17.2 Å². The standard InChI is InChI=1S/C15H27N5O7/c16-6-2-1-3-8(17)13(24)19-9(4-5-12(22)23)14(25)20-10(15(26)27)7-11(18)21/h8-10H,1-7,16-17H2,(H2,18,21)(H,19,24)(H,20,25)(H,22,23)(H,26,27). The van der Waals surface area contributed by atoms with Crippen LogP contribution in [-0.2, 0) is 24.0 Å². The lowest BCUT2D eigenvalue weighted by Gasteiger charge is -2.22. The van der Waals surface area contributed by atoms with Crippen LogP contribution in [0.5, 0.6) is 0 Å². The van der Waals surface area contributed by atoms with Gasteiger partial charge in [0.25, 0.3) is 0 Å². The summed E-state index contributed by atoms with van der Waals surface area (Å²) >= 11 is 0. The van der Waals surface area contributed by atoms with Crippen LogP contribution in [0.2, 0.25) is 0 Å². The first-order valence-electron chi connectivity index (χ1n) is 8.37. The maximum Gasteiger partial charge on any atom is 0.326 e.